The fourth-order valence-electron chi connectivity index (χ4n) is 2.70. The predicted molar refractivity (Wildman–Crippen MR) is 89.9 cm³/mol. The van der Waals surface area contributed by atoms with Crippen molar-refractivity contribution in [3.05, 3.63) is 53.1 Å². The summed E-state index contributed by atoms with van der Waals surface area (Å²) in [4.78, 5) is 12.6. The lowest BCUT2D eigenvalue weighted by molar-refractivity contribution is 0.0983. The first-order valence-electron chi connectivity index (χ1n) is 7.63. The second-order valence-electron chi connectivity index (χ2n) is 5.91. The lowest BCUT2D eigenvalue weighted by atomic mass is 10.1. The van der Waals surface area contributed by atoms with Gasteiger partial charge in [0.2, 0.25) is 9.84 Å². The van der Waals surface area contributed by atoms with E-state index in [2.05, 4.69) is 5.32 Å². The van der Waals surface area contributed by atoms with Gasteiger partial charge in [0.25, 0.3) is 0 Å². The van der Waals surface area contributed by atoms with Crippen LogP contribution in [0.5, 0.6) is 0 Å². The largest absolute Gasteiger partial charge is 0.384 e. The number of aryl methyl sites for hydroxylation is 2. The molecule has 5 heteroatoms. The lowest BCUT2D eigenvalue weighted by Crippen LogP contribution is -2.06. The van der Waals surface area contributed by atoms with Crippen LogP contribution in [0.4, 0.5) is 5.69 Å². The normalized spacial score (nSPS) is 14.8. The average molecular weight is 329 g/mol. The number of carbonyl (C=O) groups excluding carboxylic acids is 1. The molecular formula is C18H19NO3S. The summed E-state index contributed by atoms with van der Waals surface area (Å²) >= 11 is 0. The first-order valence-corrected chi connectivity index (χ1v) is 9.11. The molecule has 0 aliphatic carbocycles. The molecule has 1 aliphatic heterocycles. The van der Waals surface area contributed by atoms with Gasteiger partial charge in [-0.05, 0) is 61.7 Å². The minimum absolute atomic E-state index is 0.0119. The van der Waals surface area contributed by atoms with Gasteiger partial charge < -0.3 is 5.32 Å². The molecule has 0 saturated carbocycles. The highest BCUT2D eigenvalue weighted by atomic mass is 32.2. The van der Waals surface area contributed by atoms with E-state index in [1.807, 2.05) is 13.8 Å². The van der Waals surface area contributed by atoms with Crippen LogP contribution in [-0.2, 0) is 9.84 Å². The molecule has 0 amide bonds. The summed E-state index contributed by atoms with van der Waals surface area (Å²) in [5, 5.41) is 3.17. The molecule has 0 radical (unpaired) electrons. The van der Waals surface area contributed by atoms with Crippen LogP contribution in [0.25, 0.3) is 0 Å². The van der Waals surface area contributed by atoms with E-state index in [1.165, 1.54) is 6.07 Å². The van der Waals surface area contributed by atoms with Crippen molar-refractivity contribution in [1.29, 1.82) is 0 Å². The molecule has 2 aromatic rings. The van der Waals surface area contributed by atoms with Crippen LogP contribution in [0.1, 0.15) is 34.3 Å². The SMILES string of the molecule is Cc1ccc(S(=O)(=O)c2ccc3c(c2)C(=O)CCCN3)cc1C. The van der Waals surface area contributed by atoms with Gasteiger partial charge in [0, 0.05) is 24.2 Å². The number of sulfone groups is 1. The van der Waals surface area contributed by atoms with Crippen molar-refractivity contribution >= 4 is 21.3 Å². The second kappa shape index (κ2) is 5.81. The monoisotopic (exact) mass is 329 g/mol. The van der Waals surface area contributed by atoms with Gasteiger partial charge in [-0.3, -0.25) is 4.79 Å². The zero-order valence-electron chi connectivity index (χ0n) is 13.2. The number of ketones is 1. The maximum Gasteiger partial charge on any atom is 0.206 e. The maximum atomic E-state index is 12.8. The average Bonchev–Trinajstić information content (AvgIpc) is 2.71. The molecule has 0 spiro atoms. The van der Waals surface area contributed by atoms with E-state index >= 15 is 0 Å². The van der Waals surface area contributed by atoms with Gasteiger partial charge in [-0.15, -0.1) is 0 Å². The van der Waals surface area contributed by atoms with Crippen molar-refractivity contribution in [2.75, 3.05) is 11.9 Å². The number of benzene rings is 2. The van der Waals surface area contributed by atoms with Crippen LogP contribution in [0.2, 0.25) is 0 Å². The molecule has 1 heterocycles. The summed E-state index contributed by atoms with van der Waals surface area (Å²) in [5.74, 6) is -0.0119. The molecule has 3 rings (SSSR count). The Kier molecular flexibility index (Phi) is 3.98. The number of Topliss-reactive ketones (excluding diaryl/α,β-unsaturated/α-hetero) is 1. The standard InChI is InChI=1S/C18H19NO3S/c1-12-5-6-14(10-13(12)2)23(21,22)15-7-8-17-16(11-15)18(20)4-3-9-19-17/h5-8,10-11,19H,3-4,9H2,1-2H3. The van der Waals surface area contributed by atoms with Gasteiger partial charge in [-0.2, -0.15) is 0 Å². The number of carbonyl (C=O) groups is 1. The Hall–Kier alpha value is -2.14. The molecule has 0 fully saturated rings. The lowest BCUT2D eigenvalue weighted by Gasteiger charge is -2.11. The Morgan fingerprint density at radius 1 is 0.957 bits per heavy atom. The third-order valence-corrected chi connectivity index (χ3v) is 6.04. The first kappa shape index (κ1) is 15.7. The molecular weight excluding hydrogens is 310 g/mol. The molecule has 0 saturated heterocycles. The Morgan fingerprint density at radius 2 is 1.65 bits per heavy atom. The van der Waals surface area contributed by atoms with E-state index in [9.17, 15) is 13.2 Å². The Bertz CT molecular complexity index is 885. The van der Waals surface area contributed by atoms with Crippen LogP contribution in [0.3, 0.4) is 0 Å². The molecule has 23 heavy (non-hydrogen) atoms. The summed E-state index contributed by atoms with van der Waals surface area (Å²) < 4.78 is 25.7. The maximum absolute atomic E-state index is 12.8. The summed E-state index contributed by atoms with van der Waals surface area (Å²) in [6.45, 7) is 4.55. The van der Waals surface area contributed by atoms with Crippen molar-refractivity contribution in [3.63, 3.8) is 0 Å². The fraction of sp³-hybridized carbons (Fsp3) is 0.278. The molecule has 120 valence electrons. The minimum Gasteiger partial charge on any atom is -0.384 e. The third-order valence-electron chi connectivity index (χ3n) is 4.29. The number of nitrogens with one attached hydrogen (secondary N) is 1. The van der Waals surface area contributed by atoms with E-state index in [4.69, 9.17) is 0 Å². The van der Waals surface area contributed by atoms with E-state index < -0.39 is 9.84 Å². The van der Waals surface area contributed by atoms with Crippen LogP contribution in [0.15, 0.2) is 46.2 Å². The van der Waals surface area contributed by atoms with E-state index in [0.717, 1.165) is 24.1 Å². The number of hydrogen-bond donors (Lipinski definition) is 1. The van der Waals surface area contributed by atoms with Crippen LogP contribution in [-0.4, -0.2) is 20.7 Å². The van der Waals surface area contributed by atoms with Gasteiger partial charge in [0.05, 0.1) is 9.79 Å². The van der Waals surface area contributed by atoms with E-state index in [1.54, 1.807) is 30.3 Å². The highest BCUT2D eigenvalue weighted by Crippen LogP contribution is 2.28. The van der Waals surface area contributed by atoms with Gasteiger partial charge in [-0.25, -0.2) is 8.42 Å². The number of fused-ring (bicyclic) bond motifs is 1. The minimum atomic E-state index is -3.63. The van der Waals surface area contributed by atoms with E-state index in [-0.39, 0.29) is 15.6 Å². The van der Waals surface area contributed by atoms with Crippen molar-refractivity contribution < 1.29 is 13.2 Å². The van der Waals surface area contributed by atoms with Gasteiger partial charge in [0.1, 0.15) is 0 Å². The molecule has 1 aliphatic rings. The summed E-state index contributed by atoms with van der Waals surface area (Å²) in [6.07, 6.45) is 1.19. The zero-order valence-corrected chi connectivity index (χ0v) is 14.0. The topological polar surface area (TPSA) is 63.2 Å². The molecule has 0 atom stereocenters. The Morgan fingerprint density at radius 3 is 2.39 bits per heavy atom. The second-order valence-corrected chi connectivity index (χ2v) is 7.86. The Balaban J connectivity index is 2.10. The molecule has 2 aromatic carbocycles. The van der Waals surface area contributed by atoms with Crippen molar-refractivity contribution in [2.45, 2.75) is 36.5 Å². The van der Waals surface area contributed by atoms with Crippen LogP contribution < -0.4 is 5.32 Å². The fourth-order valence-corrected chi connectivity index (χ4v) is 4.07. The van der Waals surface area contributed by atoms with Gasteiger partial charge in [0.15, 0.2) is 5.78 Å². The first-order chi connectivity index (χ1) is 10.9. The smallest absolute Gasteiger partial charge is 0.206 e. The van der Waals surface area contributed by atoms with E-state index in [0.29, 0.717) is 17.7 Å². The molecule has 0 aromatic heterocycles. The van der Waals surface area contributed by atoms with Crippen molar-refractivity contribution in [1.82, 2.24) is 0 Å². The van der Waals surface area contributed by atoms with Crippen molar-refractivity contribution in [2.24, 2.45) is 0 Å². The number of hydrogen-bond acceptors (Lipinski definition) is 4. The quantitative estimate of drug-likeness (QED) is 0.915. The van der Waals surface area contributed by atoms with Gasteiger partial charge in [-0.1, -0.05) is 6.07 Å². The van der Waals surface area contributed by atoms with Crippen LogP contribution in [0, 0.1) is 13.8 Å². The van der Waals surface area contributed by atoms with Crippen molar-refractivity contribution in [3.8, 4) is 0 Å². The Labute approximate surface area is 136 Å². The number of rotatable bonds is 2. The molecule has 1 N–H and O–H groups in total. The highest BCUT2D eigenvalue weighted by molar-refractivity contribution is 7.91. The summed E-state index contributed by atoms with van der Waals surface area (Å²) in [7, 11) is -3.63. The molecule has 0 unspecified atom stereocenters. The summed E-state index contributed by atoms with van der Waals surface area (Å²) in [5.41, 5.74) is 3.16. The highest BCUT2D eigenvalue weighted by Gasteiger charge is 2.22. The van der Waals surface area contributed by atoms with Crippen LogP contribution >= 0.6 is 0 Å². The summed E-state index contributed by atoms with van der Waals surface area (Å²) in [6, 6.07) is 9.85. The predicted octanol–water partition coefficient (Wildman–Crippen LogP) is 3.52. The number of anilines is 1. The van der Waals surface area contributed by atoms with Gasteiger partial charge >= 0.3 is 0 Å². The molecule has 0 bridgehead atoms. The zero-order chi connectivity index (χ0) is 16.6. The molecule has 4 nitrogen and oxygen atoms in total. The third kappa shape index (κ3) is 2.88.